The third kappa shape index (κ3) is 3.27. The summed E-state index contributed by atoms with van der Waals surface area (Å²) in [6, 6.07) is 0.420. The standard InChI is InChI=1S/C14H27N3O2/c1-15-14(13(18)19)6-3-5-12(11-14)17-8-4-7-16(2)9-10-17/h12,15H,3-11H2,1-2H3,(H,18,19). The van der Waals surface area contributed by atoms with Gasteiger partial charge in [-0.2, -0.15) is 0 Å². The number of hydrogen-bond acceptors (Lipinski definition) is 4. The molecule has 0 amide bonds. The van der Waals surface area contributed by atoms with Crippen LogP contribution in [0.25, 0.3) is 0 Å². The summed E-state index contributed by atoms with van der Waals surface area (Å²) in [4.78, 5) is 16.4. The Labute approximate surface area is 115 Å². The van der Waals surface area contributed by atoms with E-state index in [-0.39, 0.29) is 0 Å². The van der Waals surface area contributed by atoms with Crippen LogP contribution in [0.4, 0.5) is 0 Å². The number of nitrogens with one attached hydrogen (secondary N) is 1. The van der Waals surface area contributed by atoms with Crippen LogP contribution >= 0.6 is 0 Å². The number of likely N-dealkylation sites (N-methyl/N-ethyl adjacent to an activating group) is 2. The summed E-state index contributed by atoms with van der Waals surface area (Å²) in [6.07, 6.45) is 4.82. The van der Waals surface area contributed by atoms with E-state index >= 15 is 0 Å². The Kier molecular flexibility index (Phi) is 4.81. The Morgan fingerprint density at radius 2 is 2.05 bits per heavy atom. The van der Waals surface area contributed by atoms with Gasteiger partial charge in [0.25, 0.3) is 0 Å². The summed E-state index contributed by atoms with van der Waals surface area (Å²) in [7, 11) is 3.95. The Hall–Kier alpha value is -0.650. The molecule has 1 aliphatic heterocycles. The molecule has 2 N–H and O–H groups in total. The maximum Gasteiger partial charge on any atom is 0.323 e. The van der Waals surface area contributed by atoms with Gasteiger partial charge in [-0.1, -0.05) is 0 Å². The van der Waals surface area contributed by atoms with Gasteiger partial charge in [0.1, 0.15) is 5.54 Å². The maximum atomic E-state index is 11.6. The number of aliphatic carboxylic acids is 1. The van der Waals surface area contributed by atoms with Gasteiger partial charge in [0.15, 0.2) is 0 Å². The SMILES string of the molecule is CNC1(C(=O)O)CCCC(N2CCCN(C)CC2)C1. The second-order valence-electron chi connectivity index (χ2n) is 6.08. The second-order valence-corrected chi connectivity index (χ2v) is 6.08. The van der Waals surface area contributed by atoms with Gasteiger partial charge >= 0.3 is 5.97 Å². The van der Waals surface area contributed by atoms with E-state index in [0.717, 1.165) is 51.9 Å². The molecule has 0 aromatic heterocycles. The van der Waals surface area contributed by atoms with E-state index in [9.17, 15) is 9.90 Å². The van der Waals surface area contributed by atoms with Crippen LogP contribution < -0.4 is 5.32 Å². The van der Waals surface area contributed by atoms with Gasteiger partial charge in [-0.05, 0) is 59.3 Å². The van der Waals surface area contributed by atoms with Crippen molar-refractivity contribution in [3.8, 4) is 0 Å². The van der Waals surface area contributed by atoms with E-state index in [1.165, 1.54) is 6.42 Å². The molecule has 2 rings (SSSR count). The second kappa shape index (κ2) is 6.20. The minimum absolute atomic E-state index is 0.420. The van der Waals surface area contributed by atoms with Gasteiger partial charge in [0.2, 0.25) is 0 Å². The molecule has 0 aromatic rings. The first-order chi connectivity index (χ1) is 9.07. The van der Waals surface area contributed by atoms with Crippen molar-refractivity contribution in [3.05, 3.63) is 0 Å². The summed E-state index contributed by atoms with van der Waals surface area (Å²) >= 11 is 0. The van der Waals surface area contributed by atoms with Crippen LogP contribution in [-0.4, -0.2) is 72.7 Å². The molecule has 1 heterocycles. The Bertz CT molecular complexity index is 324. The van der Waals surface area contributed by atoms with E-state index in [4.69, 9.17) is 0 Å². The number of carboxylic acid groups (broad SMARTS) is 1. The summed E-state index contributed by atoms with van der Waals surface area (Å²) < 4.78 is 0. The van der Waals surface area contributed by atoms with Crippen LogP contribution in [-0.2, 0) is 4.79 Å². The molecule has 1 aliphatic carbocycles. The summed E-state index contributed by atoms with van der Waals surface area (Å²) in [5, 5.41) is 12.6. The molecule has 0 spiro atoms. The number of nitrogens with zero attached hydrogens (tertiary/aromatic N) is 2. The first-order valence-corrected chi connectivity index (χ1v) is 7.42. The zero-order valence-corrected chi connectivity index (χ0v) is 12.2. The van der Waals surface area contributed by atoms with Crippen molar-refractivity contribution in [1.82, 2.24) is 15.1 Å². The Morgan fingerprint density at radius 3 is 2.74 bits per heavy atom. The van der Waals surface area contributed by atoms with Gasteiger partial charge in [-0.3, -0.25) is 9.69 Å². The fourth-order valence-corrected chi connectivity index (χ4v) is 3.52. The van der Waals surface area contributed by atoms with Crippen molar-refractivity contribution < 1.29 is 9.90 Å². The Morgan fingerprint density at radius 1 is 1.26 bits per heavy atom. The average molecular weight is 269 g/mol. The topological polar surface area (TPSA) is 55.8 Å². The van der Waals surface area contributed by atoms with E-state index in [0.29, 0.717) is 6.04 Å². The maximum absolute atomic E-state index is 11.6. The molecule has 5 nitrogen and oxygen atoms in total. The van der Waals surface area contributed by atoms with Crippen LogP contribution in [0.5, 0.6) is 0 Å². The van der Waals surface area contributed by atoms with Crippen LogP contribution in [0, 0.1) is 0 Å². The van der Waals surface area contributed by atoms with Gasteiger partial charge < -0.3 is 15.3 Å². The van der Waals surface area contributed by atoms with Crippen molar-refractivity contribution in [1.29, 1.82) is 0 Å². The van der Waals surface area contributed by atoms with E-state index in [1.807, 2.05) is 0 Å². The number of carbonyl (C=O) groups is 1. The molecule has 5 heteroatoms. The van der Waals surface area contributed by atoms with E-state index in [2.05, 4.69) is 22.2 Å². The third-order valence-corrected chi connectivity index (χ3v) is 4.88. The predicted octanol–water partition coefficient (Wildman–Crippen LogP) is 0.609. The highest BCUT2D eigenvalue weighted by molar-refractivity contribution is 5.79. The third-order valence-electron chi connectivity index (χ3n) is 4.88. The predicted molar refractivity (Wildman–Crippen MR) is 75.4 cm³/mol. The largest absolute Gasteiger partial charge is 0.480 e. The van der Waals surface area contributed by atoms with Crippen LogP contribution in [0.15, 0.2) is 0 Å². The van der Waals surface area contributed by atoms with Crippen molar-refractivity contribution in [2.75, 3.05) is 40.3 Å². The van der Waals surface area contributed by atoms with Crippen LogP contribution in [0.2, 0.25) is 0 Å². The molecule has 0 aromatic carbocycles. The fraction of sp³-hybridized carbons (Fsp3) is 0.929. The smallest absolute Gasteiger partial charge is 0.323 e. The van der Waals surface area contributed by atoms with Crippen molar-refractivity contribution >= 4 is 5.97 Å². The lowest BCUT2D eigenvalue weighted by Gasteiger charge is -2.42. The molecule has 1 saturated heterocycles. The summed E-state index contributed by atoms with van der Waals surface area (Å²) in [5.41, 5.74) is -0.707. The molecule has 2 unspecified atom stereocenters. The van der Waals surface area contributed by atoms with Gasteiger partial charge in [-0.25, -0.2) is 0 Å². The van der Waals surface area contributed by atoms with Crippen molar-refractivity contribution in [2.24, 2.45) is 0 Å². The highest BCUT2D eigenvalue weighted by atomic mass is 16.4. The molecule has 19 heavy (non-hydrogen) atoms. The highest BCUT2D eigenvalue weighted by Gasteiger charge is 2.43. The quantitative estimate of drug-likeness (QED) is 0.786. The number of hydrogen-bond donors (Lipinski definition) is 2. The molecule has 1 saturated carbocycles. The van der Waals surface area contributed by atoms with E-state index in [1.54, 1.807) is 7.05 Å². The lowest BCUT2D eigenvalue weighted by molar-refractivity contribution is -0.147. The zero-order valence-electron chi connectivity index (χ0n) is 12.2. The molecule has 0 bridgehead atoms. The first-order valence-electron chi connectivity index (χ1n) is 7.42. The van der Waals surface area contributed by atoms with Gasteiger partial charge in [0, 0.05) is 19.1 Å². The molecule has 110 valence electrons. The molecular weight excluding hydrogens is 242 g/mol. The fourth-order valence-electron chi connectivity index (χ4n) is 3.52. The first kappa shape index (κ1) is 14.8. The minimum Gasteiger partial charge on any atom is -0.480 e. The van der Waals surface area contributed by atoms with Gasteiger partial charge in [0.05, 0.1) is 0 Å². The van der Waals surface area contributed by atoms with Crippen LogP contribution in [0.1, 0.15) is 32.1 Å². The average Bonchev–Trinajstić information content (AvgIpc) is 2.63. The number of rotatable bonds is 3. The molecule has 2 fully saturated rings. The zero-order chi connectivity index (χ0) is 13.9. The molecule has 2 aliphatic rings. The van der Waals surface area contributed by atoms with Crippen molar-refractivity contribution in [3.63, 3.8) is 0 Å². The van der Waals surface area contributed by atoms with Crippen molar-refractivity contribution in [2.45, 2.75) is 43.7 Å². The molecule has 0 radical (unpaired) electrons. The lowest BCUT2D eigenvalue weighted by Crippen LogP contribution is -2.57. The molecular formula is C14H27N3O2. The number of carboxylic acids is 1. The van der Waals surface area contributed by atoms with E-state index < -0.39 is 11.5 Å². The highest BCUT2D eigenvalue weighted by Crippen LogP contribution is 2.31. The monoisotopic (exact) mass is 269 g/mol. The van der Waals surface area contributed by atoms with Gasteiger partial charge in [-0.15, -0.1) is 0 Å². The Balaban J connectivity index is 2.02. The molecule has 2 atom stereocenters. The summed E-state index contributed by atoms with van der Waals surface area (Å²) in [6.45, 7) is 4.42. The minimum atomic E-state index is -0.707. The summed E-state index contributed by atoms with van der Waals surface area (Å²) in [5.74, 6) is -0.688. The normalized spacial score (nSPS) is 34.9. The van der Waals surface area contributed by atoms with Crippen LogP contribution in [0.3, 0.4) is 0 Å². The lowest BCUT2D eigenvalue weighted by atomic mass is 9.78.